The topological polar surface area (TPSA) is 91.3 Å². The van der Waals surface area contributed by atoms with Crippen LogP contribution in [0.5, 0.6) is 0 Å². The first-order valence-corrected chi connectivity index (χ1v) is 7.24. The molecule has 116 valence electrons. The monoisotopic (exact) mass is 293 g/mol. The summed E-state index contributed by atoms with van der Waals surface area (Å²) < 4.78 is 5.56. The van der Waals surface area contributed by atoms with Crippen LogP contribution in [0.1, 0.15) is 24.0 Å². The third kappa shape index (κ3) is 4.70. The zero-order valence-corrected chi connectivity index (χ0v) is 12.1. The van der Waals surface area contributed by atoms with Crippen molar-refractivity contribution < 1.29 is 15.1 Å². The highest BCUT2D eigenvalue weighted by Gasteiger charge is 2.19. The van der Waals surface area contributed by atoms with Gasteiger partial charge in [0, 0.05) is 25.2 Å². The van der Waals surface area contributed by atoms with E-state index < -0.39 is 0 Å². The third-order valence-electron chi connectivity index (χ3n) is 3.74. The first-order valence-electron chi connectivity index (χ1n) is 7.24. The molecule has 0 amide bonds. The average molecular weight is 293 g/mol. The van der Waals surface area contributed by atoms with Crippen molar-refractivity contribution in [1.82, 2.24) is 4.90 Å². The van der Waals surface area contributed by atoms with Gasteiger partial charge in [-0.1, -0.05) is 29.4 Å². The van der Waals surface area contributed by atoms with Gasteiger partial charge in [-0.25, -0.2) is 0 Å². The lowest BCUT2D eigenvalue weighted by atomic mass is 10.1. The maximum absolute atomic E-state index is 8.75. The molecule has 4 N–H and O–H groups in total. The van der Waals surface area contributed by atoms with Crippen molar-refractivity contribution in [2.75, 3.05) is 26.3 Å². The van der Waals surface area contributed by atoms with Gasteiger partial charge < -0.3 is 20.8 Å². The molecular weight excluding hydrogens is 270 g/mol. The minimum atomic E-state index is 0.0901. The molecule has 1 fully saturated rings. The van der Waals surface area contributed by atoms with Crippen molar-refractivity contribution in [2.45, 2.75) is 25.5 Å². The van der Waals surface area contributed by atoms with E-state index in [1.54, 1.807) is 0 Å². The highest BCUT2D eigenvalue weighted by atomic mass is 16.5. The zero-order chi connectivity index (χ0) is 15.1. The molecule has 1 saturated heterocycles. The molecule has 0 unspecified atom stereocenters. The fraction of sp³-hybridized carbons (Fsp3) is 0.533. The normalized spacial score (nSPS) is 18.0. The van der Waals surface area contributed by atoms with Crippen LogP contribution in [0.15, 0.2) is 29.4 Å². The Bertz CT molecular complexity index is 454. The number of ether oxygens (including phenoxy) is 1. The molecule has 0 atom stereocenters. The summed E-state index contributed by atoms with van der Waals surface area (Å²) in [5.74, 6) is 0.128. The Kier molecular flexibility index (Phi) is 5.98. The van der Waals surface area contributed by atoms with Gasteiger partial charge in [0.2, 0.25) is 0 Å². The van der Waals surface area contributed by atoms with Crippen molar-refractivity contribution in [1.29, 1.82) is 0 Å². The van der Waals surface area contributed by atoms with E-state index in [1.807, 2.05) is 24.3 Å². The average Bonchev–Trinajstić information content (AvgIpc) is 2.54. The largest absolute Gasteiger partial charge is 0.409 e. The Morgan fingerprint density at radius 1 is 1.29 bits per heavy atom. The maximum atomic E-state index is 8.75. The number of rotatable bonds is 6. The maximum Gasteiger partial charge on any atom is 0.170 e. The van der Waals surface area contributed by atoms with E-state index in [9.17, 15) is 0 Å². The standard InChI is InChI=1S/C15H23N3O3/c16-15(17-20)13-3-1-12(2-4-13)11-18-7-5-14(6-8-18)21-10-9-19/h1-4,14,19-20H,5-11H2,(H2,16,17). The molecule has 1 aromatic rings. The highest BCUT2D eigenvalue weighted by molar-refractivity contribution is 5.96. The Hall–Kier alpha value is -1.63. The molecule has 0 bridgehead atoms. The van der Waals surface area contributed by atoms with E-state index in [0.29, 0.717) is 6.61 Å². The number of aliphatic hydroxyl groups is 1. The molecule has 2 rings (SSSR count). The summed E-state index contributed by atoms with van der Waals surface area (Å²) in [5, 5.41) is 20.4. The predicted molar refractivity (Wildman–Crippen MR) is 80.3 cm³/mol. The number of nitrogens with two attached hydrogens (primary N) is 1. The van der Waals surface area contributed by atoms with Gasteiger partial charge in [-0.2, -0.15) is 0 Å². The van der Waals surface area contributed by atoms with E-state index in [1.165, 1.54) is 5.56 Å². The lowest BCUT2D eigenvalue weighted by Gasteiger charge is -2.31. The van der Waals surface area contributed by atoms with E-state index in [4.69, 9.17) is 20.8 Å². The number of benzene rings is 1. The Balaban J connectivity index is 1.81. The van der Waals surface area contributed by atoms with Crippen molar-refractivity contribution in [2.24, 2.45) is 10.9 Å². The first-order chi connectivity index (χ1) is 10.2. The van der Waals surface area contributed by atoms with Gasteiger partial charge in [-0.3, -0.25) is 4.90 Å². The summed E-state index contributed by atoms with van der Waals surface area (Å²) in [6, 6.07) is 7.73. The van der Waals surface area contributed by atoms with Gasteiger partial charge in [0.25, 0.3) is 0 Å². The summed E-state index contributed by atoms with van der Waals surface area (Å²) >= 11 is 0. The molecule has 1 aliphatic rings. The van der Waals surface area contributed by atoms with Crippen LogP contribution in [0.25, 0.3) is 0 Å². The number of amidine groups is 1. The van der Waals surface area contributed by atoms with Gasteiger partial charge in [0.15, 0.2) is 5.84 Å². The molecule has 0 aliphatic carbocycles. The summed E-state index contributed by atoms with van der Waals surface area (Å²) in [6.45, 7) is 3.41. The minimum Gasteiger partial charge on any atom is -0.409 e. The van der Waals surface area contributed by atoms with Crippen molar-refractivity contribution in [3.8, 4) is 0 Å². The van der Waals surface area contributed by atoms with E-state index in [2.05, 4.69) is 10.1 Å². The van der Waals surface area contributed by atoms with Crippen LogP contribution in [0.2, 0.25) is 0 Å². The zero-order valence-electron chi connectivity index (χ0n) is 12.1. The molecule has 1 aromatic carbocycles. The van der Waals surface area contributed by atoms with Crippen LogP contribution in [0, 0.1) is 0 Å². The van der Waals surface area contributed by atoms with Crippen LogP contribution in [-0.4, -0.2) is 53.5 Å². The molecule has 6 heteroatoms. The third-order valence-corrected chi connectivity index (χ3v) is 3.74. The van der Waals surface area contributed by atoms with E-state index >= 15 is 0 Å². The van der Waals surface area contributed by atoms with Crippen LogP contribution < -0.4 is 5.73 Å². The molecule has 0 radical (unpaired) electrons. The van der Waals surface area contributed by atoms with E-state index in [-0.39, 0.29) is 18.5 Å². The summed E-state index contributed by atoms with van der Waals surface area (Å²) in [6.07, 6.45) is 2.28. The fourth-order valence-electron chi connectivity index (χ4n) is 2.55. The number of hydrogen-bond donors (Lipinski definition) is 3. The number of likely N-dealkylation sites (tertiary alicyclic amines) is 1. The minimum absolute atomic E-state index is 0.0901. The molecular formula is C15H23N3O3. The number of aliphatic hydroxyl groups excluding tert-OH is 1. The Morgan fingerprint density at radius 3 is 2.52 bits per heavy atom. The quantitative estimate of drug-likeness (QED) is 0.312. The lowest BCUT2D eigenvalue weighted by molar-refractivity contribution is -0.00901. The molecule has 0 saturated carbocycles. The van der Waals surface area contributed by atoms with Crippen molar-refractivity contribution in [3.63, 3.8) is 0 Å². The molecule has 1 heterocycles. The van der Waals surface area contributed by atoms with Crippen LogP contribution in [0.4, 0.5) is 0 Å². The predicted octanol–water partition coefficient (Wildman–Crippen LogP) is 0.754. The highest BCUT2D eigenvalue weighted by Crippen LogP contribution is 2.16. The SMILES string of the molecule is N/C(=N/O)c1ccc(CN2CCC(OCCO)CC2)cc1. The Labute approximate surface area is 124 Å². The molecule has 1 aliphatic heterocycles. The van der Waals surface area contributed by atoms with Crippen molar-refractivity contribution in [3.05, 3.63) is 35.4 Å². The molecule has 0 spiro atoms. The smallest absolute Gasteiger partial charge is 0.170 e. The second-order valence-electron chi connectivity index (χ2n) is 5.25. The molecule has 0 aromatic heterocycles. The second kappa shape index (κ2) is 7.97. The lowest BCUT2D eigenvalue weighted by Crippen LogP contribution is -2.36. The second-order valence-corrected chi connectivity index (χ2v) is 5.25. The Morgan fingerprint density at radius 2 is 1.95 bits per heavy atom. The summed E-state index contributed by atoms with van der Waals surface area (Å²) in [4.78, 5) is 2.39. The van der Waals surface area contributed by atoms with Crippen LogP contribution in [-0.2, 0) is 11.3 Å². The molecule has 6 nitrogen and oxygen atoms in total. The van der Waals surface area contributed by atoms with Gasteiger partial charge in [0.1, 0.15) is 0 Å². The van der Waals surface area contributed by atoms with Crippen LogP contribution >= 0.6 is 0 Å². The number of hydrogen-bond acceptors (Lipinski definition) is 5. The first kappa shape index (κ1) is 15.8. The number of oxime groups is 1. The molecule has 21 heavy (non-hydrogen) atoms. The fourth-order valence-corrected chi connectivity index (χ4v) is 2.55. The number of piperidine rings is 1. The van der Waals surface area contributed by atoms with Gasteiger partial charge >= 0.3 is 0 Å². The van der Waals surface area contributed by atoms with Gasteiger partial charge in [0.05, 0.1) is 19.3 Å². The number of nitrogens with zero attached hydrogens (tertiary/aromatic N) is 2. The van der Waals surface area contributed by atoms with Gasteiger partial charge in [-0.15, -0.1) is 0 Å². The summed E-state index contributed by atoms with van der Waals surface area (Å²) in [5.41, 5.74) is 7.47. The van der Waals surface area contributed by atoms with Gasteiger partial charge in [-0.05, 0) is 18.4 Å². The van der Waals surface area contributed by atoms with E-state index in [0.717, 1.165) is 38.0 Å². The van der Waals surface area contributed by atoms with Crippen molar-refractivity contribution >= 4 is 5.84 Å². The van der Waals surface area contributed by atoms with Crippen LogP contribution in [0.3, 0.4) is 0 Å². The summed E-state index contributed by atoms with van der Waals surface area (Å²) in [7, 11) is 0.